The number of esters is 2. The van der Waals surface area contributed by atoms with Crippen LogP contribution in [0.4, 0.5) is 0 Å². The summed E-state index contributed by atoms with van der Waals surface area (Å²) in [4.78, 5) is 37.7. The van der Waals surface area contributed by atoms with E-state index < -0.39 is 18.4 Å². The van der Waals surface area contributed by atoms with E-state index in [0.717, 1.165) is 44.9 Å². The average molecular weight is 1230 g/mol. The summed E-state index contributed by atoms with van der Waals surface area (Å²) in [6.07, 6.45) is 84.7. The number of carbonyl (C=O) groups is 3. The van der Waals surface area contributed by atoms with Gasteiger partial charge in [-0.05, 0) is 44.9 Å². The van der Waals surface area contributed by atoms with Crippen LogP contribution in [0.5, 0.6) is 0 Å². The summed E-state index contributed by atoms with van der Waals surface area (Å²) in [5.74, 6) is -1.97. The number of nitrogens with zero attached hydrogens (tertiary/aromatic N) is 1. The quantitative estimate of drug-likeness (QED) is 0.0211. The molecular formula is C78H150NO8+. The first kappa shape index (κ1) is 84.8. The predicted octanol–water partition coefficient (Wildman–Crippen LogP) is 24.1. The van der Waals surface area contributed by atoms with E-state index in [9.17, 15) is 19.5 Å². The molecule has 0 aliphatic rings. The fraction of sp³-hybridized carbons (Fsp3) is 0.910. The van der Waals surface area contributed by atoms with Gasteiger partial charge in [-0.1, -0.05) is 366 Å². The van der Waals surface area contributed by atoms with E-state index in [1.165, 1.54) is 327 Å². The van der Waals surface area contributed by atoms with Crippen molar-refractivity contribution in [1.29, 1.82) is 0 Å². The average Bonchev–Trinajstić information content (AvgIpc) is 3.56. The topological polar surface area (TPSA) is 108 Å². The van der Waals surface area contributed by atoms with E-state index in [2.05, 4.69) is 38.2 Å². The van der Waals surface area contributed by atoms with Gasteiger partial charge in [-0.2, -0.15) is 0 Å². The maximum absolute atomic E-state index is 13.0. The van der Waals surface area contributed by atoms with Crippen molar-refractivity contribution in [2.24, 2.45) is 0 Å². The van der Waals surface area contributed by atoms with Crippen molar-refractivity contribution in [3.8, 4) is 0 Å². The molecule has 0 aromatic heterocycles. The molecule has 9 nitrogen and oxygen atoms in total. The second-order valence-corrected chi connectivity index (χ2v) is 27.7. The third-order valence-corrected chi connectivity index (χ3v) is 17.7. The molecule has 2 atom stereocenters. The summed E-state index contributed by atoms with van der Waals surface area (Å²) < 4.78 is 23.0. The second kappa shape index (κ2) is 69.7. The van der Waals surface area contributed by atoms with Gasteiger partial charge < -0.3 is 28.5 Å². The second-order valence-electron chi connectivity index (χ2n) is 27.7. The molecule has 0 fully saturated rings. The van der Waals surface area contributed by atoms with Gasteiger partial charge in [-0.3, -0.25) is 9.59 Å². The molecule has 0 aliphatic carbocycles. The van der Waals surface area contributed by atoms with Crippen LogP contribution in [-0.2, 0) is 33.3 Å². The third kappa shape index (κ3) is 71.1. The van der Waals surface area contributed by atoms with Gasteiger partial charge in [-0.15, -0.1) is 0 Å². The molecule has 0 radical (unpaired) electrons. The Kier molecular flexibility index (Phi) is 67.9. The maximum atomic E-state index is 13.0. The molecule has 1 N–H and O–H groups in total. The van der Waals surface area contributed by atoms with Crippen LogP contribution in [0, 0.1) is 0 Å². The number of unbranched alkanes of at least 4 members (excludes halogenated alkanes) is 54. The summed E-state index contributed by atoms with van der Waals surface area (Å²) >= 11 is 0. The van der Waals surface area contributed by atoms with Crippen LogP contribution in [-0.4, -0.2) is 87.4 Å². The van der Waals surface area contributed by atoms with Gasteiger partial charge in [0.1, 0.15) is 13.2 Å². The number of carboxylic acids is 1. The molecule has 0 aromatic rings. The Morgan fingerprint density at radius 3 is 0.908 bits per heavy atom. The molecule has 0 bridgehead atoms. The number of aliphatic carboxylic acids is 1. The minimum Gasteiger partial charge on any atom is -0.477 e. The standard InChI is InChI=1S/C78H149NO8/c1-6-8-10-12-14-16-18-20-22-24-26-28-30-32-34-35-36-37-38-39-40-41-43-44-46-48-50-52-54-56-58-60-62-64-66-68-75(80)85-72-74(73-86-78(77(82)83)84-71-70-79(3,4)5)87-76(81)69-67-65-63-61-59-57-55-53-51-49-47-45-42-33-31-29-27-25-23-21-19-17-15-13-11-9-7-2/h19,21,25,27,74,78H,6-18,20,22-24,26,28-73H2,1-5H3/p+1/b21-19-,27-25-. The van der Waals surface area contributed by atoms with Crippen LogP contribution in [0.2, 0.25) is 0 Å². The number of rotatable bonds is 73. The lowest BCUT2D eigenvalue weighted by atomic mass is 10.0. The number of carbonyl (C=O) groups excluding carboxylic acids is 2. The number of allylic oxidation sites excluding steroid dienone is 4. The minimum absolute atomic E-state index is 0.175. The molecule has 9 heteroatoms. The summed E-state index contributed by atoms with van der Waals surface area (Å²) in [6.45, 7) is 4.95. The van der Waals surface area contributed by atoms with Crippen LogP contribution in [0.15, 0.2) is 24.3 Å². The van der Waals surface area contributed by atoms with Gasteiger partial charge in [0.05, 0.1) is 34.4 Å². The van der Waals surface area contributed by atoms with E-state index in [4.69, 9.17) is 18.9 Å². The molecule has 0 saturated carbocycles. The lowest BCUT2D eigenvalue weighted by Crippen LogP contribution is -2.40. The Morgan fingerprint density at radius 1 is 0.345 bits per heavy atom. The Hall–Kier alpha value is -2.23. The predicted molar refractivity (Wildman–Crippen MR) is 374 cm³/mol. The highest BCUT2D eigenvalue weighted by Crippen LogP contribution is 2.20. The first-order valence-corrected chi connectivity index (χ1v) is 38.5. The zero-order valence-electron chi connectivity index (χ0n) is 59.0. The number of ether oxygens (including phenoxy) is 4. The highest BCUT2D eigenvalue weighted by molar-refractivity contribution is 5.71. The molecule has 0 spiro atoms. The van der Waals surface area contributed by atoms with Gasteiger partial charge in [-0.25, -0.2) is 4.79 Å². The van der Waals surface area contributed by atoms with E-state index in [0.29, 0.717) is 17.4 Å². The molecule has 514 valence electrons. The monoisotopic (exact) mass is 1230 g/mol. The van der Waals surface area contributed by atoms with Gasteiger partial charge >= 0.3 is 17.9 Å². The Balaban J connectivity index is 3.98. The highest BCUT2D eigenvalue weighted by atomic mass is 16.7. The largest absolute Gasteiger partial charge is 0.477 e. The molecule has 0 heterocycles. The summed E-state index contributed by atoms with van der Waals surface area (Å²) in [5, 5.41) is 9.76. The van der Waals surface area contributed by atoms with Crippen molar-refractivity contribution in [3.63, 3.8) is 0 Å². The highest BCUT2D eigenvalue weighted by Gasteiger charge is 2.25. The SMILES string of the molecule is CCCCCCC/C=C\C/C=C\CCCCCCCCCCCCCCCCCC(=O)OC(COC(=O)CCCCCCCCCCCCCCCCCCCCCCCCCCCCCCCCCCCCC)COC(OCC[N+](C)(C)C)C(=O)O. The van der Waals surface area contributed by atoms with Crippen molar-refractivity contribution < 1.29 is 42.9 Å². The van der Waals surface area contributed by atoms with Crippen LogP contribution < -0.4 is 0 Å². The van der Waals surface area contributed by atoms with Gasteiger partial charge in [0.15, 0.2) is 6.10 Å². The first-order valence-electron chi connectivity index (χ1n) is 38.5. The molecule has 0 rings (SSSR count). The van der Waals surface area contributed by atoms with E-state index in [1.807, 2.05) is 21.1 Å². The van der Waals surface area contributed by atoms with Crippen LogP contribution in [0.1, 0.15) is 399 Å². The molecule has 2 unspecified atom stereocenters. The Bertz CT molecular complexity index is 1480. The maximum Gasteiger partial charge on any atom is 0.361 e. The zero-order chi connectivity index (χ0) is 63.3. The van der Waals surface area contributed by atoms with Crippen molar-refractivity contribution in [2.45, 2.75) is 411 Å². The van der Waals surface area contributed by atoms with Crippen molar-refractivity contribution in [2.75, 3.05) is 47.5 Å². The molecular weight excluding hydrogens is 1080 g/mol. The zero-order valence-corrected chi connectivity index (χ0v) is 59.0. The van der Waals surface area contributed by atoms with Crippen molar-refractivity contribution in [1.82, 2.24) is 0 Å². The van der Waals surface area contributed by atoms with E-state index in [1.54, 1.807) is 0 Å². The molecule has 0 saturated heterocycles. The van der Waals surface area contributed by atoms with Crippen LogP contribution >= 0.6 is 0 Å². The molecule has 0 aromatic carbocycles. The first-order chi connectivity index (χ1) is 42.6. The summed E-state index contributed by atoms with van der Waals surface area (Å²) in [6, 6.07) is 0. The number of hydrogen-bond donors (Lipinski definition) is 1. The molecule has 0 aliphatic heterocycles. The smallest absolute Gasteiger partial charge is 0.361 e. The molecule has 87 heavy (non-hydrogen) atoms. The number of likely N-dealkylation sites (N-methyl/N-ethyl adjacent to an activating group) is 1. The Morgan fingerprint density at radius 2 is 0.621 bits per heavy atom. The van der Waals surface area contributed by atoms with Gasteiger partial charge in [0.2, 0.25) is 0 Å². The third-order valence-electron chi connectivity index (χ3n) is 17.7. The number of quaternary nitrogens is 1. The van der Waals surface area contributed by atoms with Gasteiger partial charge in [0.25, 0.3) is 6.29 Å². The van der Waals surface area contributed by atoms with Crippen molar-refractivity contribution >= 4 is 17.9 Å². The fourth-order valence-electron chi connectivity index (χ4n) is 11.8. The number of hydrogen-bond acceptors (Lipinski definition) is 7. The summed E-state index contributed by atoms with van der Waals surface area (Å²) in [7, 11) is 6.00. The normalized spacial score (nSPS) is 12.7. The summed E-state index contributed by atoms with van der Waals surface area (Å²) in [5.41, 5.74) is 0. The van der Waals surface area contributed by atoms with Crippen LogP contribution in [0.3, 0.4) is 0 Å². The minimum atomic E-state index is -1.51. The lowest BCUT2D eigenvalue weighted by molar-refractivity contribution is -0.870. The van der Waals surface area contributed by atoms with E-state index in [-0.39, 0.29) is 38.2 Å². The van der Waals surface area contributed by atoms with E-state index >= 15 is 0 Å². The van der Waals surface area contributed by atoms with Crippen molar-refractivity contribution in [3.05, 3.63) is 24.3 Å². The lowest BCUT2D eigenvalue weighted by Gasteiger charge is -2.25. The Labute approximate surface area is 541 Å². The van der Waals surface area contributed by atoms with Gasteiger partial charge in [0, 0.05) is 12.8 Å². The molecule has 0 amide bonds. The van der Waals surface area contributed by atoms with Crippen LogP contribution in [0.25, 0.3) is 0 Å². The number of carboxylic acid groups (broad SMARTS) is 1. The fourth-order valence-corrected chi connectivity index (χ4v) is 11.8.